The molecule has 0 amide bonds. The molecule has 0 bridgehead atoms. The Labute approximate surface area is 148 Å². The normalized spacial score (nSPS) is 15.7. The minimum atomic E-state index is -0.470. The van der Waals surface area contributed by atoms with Crippen LogP contribution in [0.4, 0.5) is 0 Å². The van der Waals surface area contributed by atoms with Gasteiger partial charge in [-0.15, -0.1) is 0 Å². The van der Waals surface area contributed by atoms with E-state index in [-0.39, 0.29) is 18.6 Å². The number of hydrogen-bond acceptors (Lipinski definition) is 6. The molecular weight excluding hydrogens is 336 g/mol. The van der Waals surface area contributed by atoms with Gasteiger partial charge < -0.3 is 18.6 Å². The SMILES string of the molecule is CC(=O)OCC1COc2ccc3c(=O)cc(-c4ccccc4)oc3c2O1. The first-order valence-corrected chi connectivity index (χ1v) is 8.21. The molecule has 26 heavy (non-hydrogen) atoms. The molecule has 6 nitrogen and oxygen atoms in total. The number of carbonyl (C=O) groups is 1. The Morgan fingerprint density at radius 2 is 2.00 bits per heavy atom. The van der Waals surface area contributed by atoms with Crippen LogP contribution in [0, 0.1) is 0 Å². The van der Waals surface area contributed by atoms with Crippen LogP contribution in [0.2, 0.25) is 0 Å². The van der Waals surface area contributed by atoms with Crippen molar-refractivity contribution in [3.63, 3.8) is 0 Å². The summed E-state index contributed by atoms with van der Waals surface area (Å²) in [5.41, 5.74) is 0.942. The van der Waals surface area contributed by atoms with Gasteiger partial charge >= 0.3 is 5.97 Å². The molecular formula is C20H16O6. The molecule has 132 valence electrons. The summed E-state index contributed by atoms with van der Waals surface area (Å²) in [5.74, 6) is 0.892. The van der Waals surface area contributed by atoms with Gasteiger partial charge in [0, 0.05) is 18.6 Å². The summed E-state index contributed by atoms with van der Waals surface area (Å²) >= 11 is 0. The third kappa shape index (κ3) is 3.01. The van der Waals surface area contributed by atoms with E-state index in [9.17, 15) is 9.59 Å². The molecule has 2 heterocycles. The second kappa shape index (κ2) is 6.55. The maximum absolute atomic E-state index is 12.5. The highest BCUT2D eigenvalue weighted by atomic mass is 16.6. The first-order chi connectivity index (χ1) is 12.6. The molecule has 0 aliphatic carbocycles. The number of hydrogen-bond donors (Lipinski definition) is 0. The number of carbonyl (C=O) groups excluding carboxylic acids is 1. The van der Waals surface area contributed by atoms with E-state index in [2.05, 4.69) is 0 Å². The highest BCUT2D eigenvalue weighted by Gasteiger charge is 2.26. The minimum absolute atomic E-state index is 0.0633. The van der Waals surface area contributed by atoms with Crippen LogP contribution in [0.5, 0.6) is 11.5 Å². The van der Waals surface area contributed by atoms with E-state index in [0.29, 0.717) is 28.2 Å². The Morgan fingerprint density at radius 3 is 2.77 bits per heavy atom. The van der Waals surface area contributed by atoms with Gasteiger partial charge in [0.2, 0.25) is 5.75 Å². The average Bonchev–Trinajstić information content (AvgIpc) is 2.66. The molecule has 2 aromatic carbocycles. The van der Waals surface area contributed by atoms with E-state index in [1.807, 2.05) is 30.3 Å². The van der Waals surface area contributed by atoms with Gasteiger partial charge in [0.05, 0.1) is 5.39 Å². The Bertz CT molecular complexity index is 1020. The molecule has 0 radical (unpaired) electrons. The highest BCUT2D eigenvalue weighted by molar-refractivity contribution is 5.86. The number of esters is 1. The van der Waals surface area contributed by atoms with Crippen LogP contribution in [0.15, 0.2) is 57.7 Å². The van der Waals surface area contributed by atoms with Crippen molar-refractivity contribution in [3.05, 3.63) is 58.8 Å². The van der Waals surface area contributed by atoms with Crippen molar-refractivity contribution in [2.24, 2.45) is 0 Å². The zero-order valence-electron chi connectivity index (χ0n) is 14.1. The van der Waals surface area contributed by atoms with E-state index in [1.54, 1.807) is 12.1 Å². The fraction of sp³-hybridized carbons (Fsp3) is 0.200. The molecule has 1 aliphatic rings. The Kier molecular flexibility index (Phi) is 4.08. The molecule has 0 saturated heterocycles. The third-order valence-electron chi connectivity index (χ3n) is 4.06. The Balaban J connectivity index is 1.79. The van der Waals surface area contributed by atoms with Gasteiger partial charge in [-0.25, -0.2) is 0 Å². The van der Waals surface area contributed by atoms with Crippen LogP contribution in [0.25, 0.3) is 22.3 Å². The molecule has 6 heteroatoms. The lowest BCUT2D eigenvalue weighted by Crippen LogP contribution is -2.34. The minimum Gasteiger partial charge on any atom is -0.486 e. The lowest BCUT2D eigenvalue weighted by Gasteiger charge is -2.26. The van der Waals surface area contributed by atoms with Gasteiger partial charge in [0.25, 0.3) is 0 Å². The monoisotopic (exact) mass is 352 g/mol. The molecule has 0 saturated carbocycles. The third-order valence-corrected chi connectivity index (χ3v) is 4.06. The zero-order chi connectivity index (χ0) is 18.1. The van der Waals surface area contributed by atoms with Gasteiger partial charge in [-0.05, 0) is 12.1 Å². The van der Waals surface area contributed by atoms with Gasteiger partial charge in [-0.3, -0.25) is 9.59 Å². The van der Waals surface area contributed by atoms with E-state index < -0.39 is 12.1 Å². The van der Waals surface area contributed by atoms with Crippen LogP contribution in [-0.4, -0.2) is 25.3 Å². The highest BCUT2D eigenvalue weighted by Crippen LogP contribution is 2.39. The van der Waals surface area contributed by atoms with E-state index >= 15 is 0 Å². The first kappa shape index (κ1) is 16.2. The summed E-state index contributed by atoms with van der Waals surface area (Å²) < 4.78 is 22.6. The van der Waals surface area contributed by atoms with Crippen LogP contribution in [0.3, 0.4) is 0 Å². The smallest absolute Gasteiger partial charge is 0.302 e. The van der Waals surface area contributed by atoms with Gasteiger partial charge in [-0.1, -0.05) is 30.3 Å². The topological polar surface area (TPSA) is 75.0 Å². The molecule has 4 rings (SSSR count). The van der Waals surface area contributed by atoms with Crippen molar-refractivity contribution < 1.29 is 23.4 Å². The maximum Gasteiger partial charge on any atom is 0.302 e. The van der Waals surface area contributed by atoms with Gasteiger partial charge in [0.1, 0.15) is 19.0 Å². The van der Waals surface area contributed by atoms with E-state index in [1.165, 1.54) is 13.0 Å². The average molecular weight is 352 g/mol. The van der Waals surface area contributed by atoms with Crippen molar-refractivity contribution >= 4 is 16.9 Å². The molecule has 1 unspecified atom stereocenters. The van der Waals surface area contributed by atoms with Gasteiger partial charge in [-0.2, -0.15) is 0 Å². The maximum atomic E-state index is 12.5. The molecule has 1 aliphatic heterocycles. The molecule has 0 N–H and O–H groups in total. The lowest BCUT2D eigenvalue weighted by atomic mass is 10.1. The Hall–Kier alpha value is -3.28. The first-order valence-electron chi connectivity index (χ1n) is 8.21. The number of fused-ring (bicyclic) bond motifs is 3. The largest absolute Gasteiger partial charge is 0.486 e. The van der Waals surface area contributed by atoms with Crippen molar-refractivity contribution in [1.82, 2.24) is 0 Å². The number of ether oxygens (including phenoxy) is 3. The fourth-order valence-electron chi connectivity index (χ4n) is 2.82. The standard InChI is InChI=1S/C20H16O6/c1-12(21)23-10-14-11-24-17-8-7-15-16(22)9-18(13-5-3-2-4-6-13)26-19(15)20(17)25-14/h2-9,14H,10-11H2,1H3. The van der Waals surface area contributed by atoms with Crippen LogP contribution in [0.1, 0.15) is 6.92 Å². The predicted molar refractivity (Wildman–Crippen MR) is 94.5 cm³/mol. The summed E-state index contributed by atoms with van der Waals surface area (Å²) in [5, 5.41) is 0.403. The van der Waals surface area contributed by atoms with Crippen LogP contribution in [-0.2, 0) is 9.53 Å². The molecule has 0 spiro atoms. The van der Waals surface area contributed by atoms with Crippen molar-refractivity contribution in [2.75, 3.05) is 13.2 Å². The molecule has 1 aromatic heterocycles. The summed E-state index contributed by atoms with van der Waals surface area (Å²) in [7, 11) is 0. The summed E-state index contributed by atoms with van der Waals surface area (Å²) in [4.78, 5) is 23.5. The Morgan fingerprint density at radius 1 is 1.19 bits per heavy atom. The molecule has 1 atom stereocenters. The molecule has 0 fully saturated rings. The zero-order valence-corrected chi connectivity index (χ0v) is 14.1. The van der Waals surface area contributed by atoms with Crippen molar-refractivity contribution in [3.8, 4) is 22.8 Å². The number of rotatable bonds is 3. The second-order valence-electron chi connectivity index (χ2n) is 5.96. The van der Waals surface area contributed by atoms with E-state index in [4.69, 9.17) is 18.6 Å². The van der Waals surface area contributed by atoms with E-state index in [0.717, 1.165) is 5.56 Å². The molecule has 3 aromatic rings. The van der Waals surface area contributed by atoms with Crippen molar-refractivity contribution in [2.45, 2.75) is 13.0 Å². The quantitative estimate of drug-likeness (QED) is 0.674. The van der Waals surface area contributed by atoms with Gasteiger partial charge in [0.15, 0.2) is 22.9 Å². The van der Waals surface area contributed by atoms with Crippen LogP contribution >= 0.6 is 0 Å². The second-order valence-corrected chi connectivity index (χ2v) is 5.96. The van der Waals surface area contributed by atoms with Crippen LogP contribution < -0.4 is 14.9 Å². The predicted octanol–water partition coefficient (Wildman–Crippen LogP) is 3.16. The van der Waals surface area contributed by atoms with Crippen molar-refractivity contribution in [1.29, 1.82) is 0 Å². The number of benzene rings is 2. The lowest BCUT2D eigenvalue weighted by molar-refractivity contribution is -0.144. The fourth-order valence-corrected chi connectivity index (χ4v) is 2.82. The summed E-state index contributed by atoms with van der Waals surface area (Å²) in [6, 6.07) is 14.2. The summed E-state index contributed by atoms with van der Waals surface area (Å²) in [6.07, 6.45) is -0.470. The summed E-state index contributed by atoms with van der Waals surface area (Å²) in [6.45, 7) is 1.64.